The molecule has 0 spiro atoms. The van der Waals surface area contributed by atoms with Crippen molar-refractivity contribution in [2.75, 3.05) is 0 Å². The molecule has 1 heterocycles. The molecule has 0 saturated carbocycles. The summed E-state index contributed by atoms with van der Waals surface area (Å²) < 4.78 is 2.08. The highest BCUT2D eigenvalue weighted by molar-refractivity contribution is 5.37. The van der Waals surface area contributed by atoms with E-state index in [1.165, 1.54) is 5.56 Å². The first-order valence-electron chi connectivity index (χ1n) is 7.56. The smallest absolute Gasteiger partial charge is 0.186 e. The SMILES string of the molecule is CCc1ccc(-n2cc(CNC(C)C)c(=O)cc2C)cc1. The van der Waals surface area contributed by atoms with E-state index in [-0.39, 0.29) is 5.43 Å². The molecule has 3 heteroatoms. The van der Waals surface area contributed by atoms with Crippen LogP contribution in [0, 0.1) is 6.92 Å². The molecule has 0 amide bonds. The van der Waals surface area contributed by atoms with Crippen LogP contribution in [0.2, 0.25) is 0 Å². The summed E-state index contributed by atoms with van der Waals surface area (Å²) in [7, 11) is 0. The normalized spacial score (nSPS) is 11.1. The molecule has 0 fully saturated rings. The van der Waals surface area contributed by atoms with E-state index in [1.54, 1.807) is 6.07 Å². The molecule has 0 atom stereocenters. The fourth-order valence-electron chi connectivity index (χ4n) is 2.29. The largest absolute Gasteiger partial charge is 0.321 e. The van der Waals surface area contributed by atoms with Crippen molar-refractivity contribution in [2.45, 2.75) is 46.7 Å². The van der Waals surface area contributed by atoms with Crippen LogP contribution in [0.25, 0.3) is 5.69 Å². The molecule has 0 aliphatic heterocycles. The Morgan fingerprint density at radius 3 is 2.43 bits per heavy atom. The van der Waals surface area contributed by atoms with Crippen molar-refractivity contribution in [2.24, 2.45) is 0 Å². The maximum atomic E-state index is 12.1. The predicted octanol–water partition coefficient (Wildman–Crippen LogP) is 3.21. The minimum atomic E-state index is 0.0991. The molecule has 1 aromatic heterocycles. The number of nitrogens with zero attached hydrogens (tertiary/aromatic N) is 1. The molecule has 2 rings (SSSR count). The van der Waals surface area contributed by atoms with E-state index < -0.39 is 0 Å². The Morgan fingerprint density at radius 1 is 1.19 bits per heavy atom. The molecule has 3 nitrogen and oxygen atoms in total. The zero-order valence-corrected chi connectivity index (χ0v) is 13.3. The summed E-state index contributed by atoms with van der Waals surface area (Å²) in [5, 5.41) is 3.31. The van der Waals surface area contributed by atoms with E-state index in [2.05, 4.69) is 54.9 Å². The fraction of sp³-hybridized carbons (Fsp3) is 0.389. The van der Waals surface area contributed by atoms with Gasteiger partial charge in [-0.25, -0.2) is 0 Å². The maximum absolute atomic E-state index is 12.1. The van der Waals surface area contributed by atoms with Crippen LogP contribution in [0.15, 0.2) is 41.3 Å². The van der Waals surface area contributed by atoms with Gasteiger partial charge in [0.1, 0.15) is 0 Å². The molecule has 1 N–H and O–H groups in total. The monoisotopic (exact) mass is 284 g/mol. The van der Waals surface area contributed by atoms with Gasteiger partial charge in [0.15, 0.2) is 5.43 Å². The van der Waals surface area contributed by atoms with Gasteiger partial charge < -0.3 is 9.88 Å². The molecule has 0 aliphatic carbocycles. The Bertz CT molecular complexity index is 654. The number of benzene rings is 1. The van der Waals surface area contributed by atoms with Gasteiger partial charge in [-0.2, -0.15) is 0 Å². The van der Waals surface area contributed by atoms with Crippen molar-refractivity contribution in [1.82, 2.24) is 9.88 Å². The molecule has 2 aromatic rings. The van der Waals surface area contributed by atoms with Crippen molar-refractivity contribution in [3.8, 4) is 5.69 Å². The molecule has 1 aromatic carbocycles. The van der Waals surface area contributed by atoms with E-state index in [4.69, 9.17) is 0 Å². The van der Waals surface area contributed by atoms with Crippen LogP contribution in [-0.4, -0.2) is 10.6 Å². The molecule has 21 heavy (non-hydrogen) atoms. The Kier molecular flexibility index (Phi) is 4.97. The topological polar surface area (TPSA) is 34.0 Å². The van der Waals surface area contributed by atoms with Crippen LogP contribution in [0.5, 0.6) is 0 Å². The predicted molar refractivity (Wildman–Crippen MR) is 88.1 cm³/mol. The van der Waals surface area contributed by atoms with Gasteiger partial charge in [-0.05, 0) is 31.0 Å². The van der Waals surface area contributed by atoms with Gasteiger partial charge in [0, 0.05) is 41.8 Å². The summed E-state index contributed by atoms with van der Waals surface area (Å²) in [5.41, 5.74) is 4.27. The zero-order chi connectivity index (χ0) is 15.4. The maximum Gasteiger partial charge on any atom is 0.186 e. The lowest BCUT2D eigenvalue weighted by Crippen LogP contribution is -2.26. The van der Waals surface area contributed by atoms with E-state index in [0.29, 0.717) is 12.6 Å². The number of rotatable bonds is 5. The third kappa shape index (κ3) is 3.82. The van der Waals surface area contributed by atoms with E-state index in [0.717, 1.165) is 23.4 Å². The minimum absolute atomic E-state index is 0.0991. The van der Waals surface area contributed by atoms with Crippen LogP contribution < -0.4 is 10.7 Å². The summed E-state index contributed by atoms with van der Waals surface area (Å²) in [6, 6.07) is 10.6. The molecule has 112 valence electrons. The average Bonchev–Trinajstić information content (AvgIpc) is 2.46. The van der Waals surface area contributed by atoms with Gasteiger partial charge in [-0.1, -0.05) is 32.9 Å². The summed E-state index contributed by atoms with van der Waals surface area (Å²) in [6.45, 7) is 8.88. The number of pyridine rings is 1. The van der Waals surface area contributed by atoms with Gasteiger partial charge in [-0.3, -0.25) is 4.79 Å². The van der Waals surface area contributed by atoms with Crippen LogP contribution in [0.4, 0.5) is 0 Å². The van der Waals surface area contributed by atoms with Crippen molar-refractivity contribution in [1.29, 1.82) is 0 Å². The van der Waals surface area contributed by atoms with Crippen molar-refractivity contribution < 1.29 is 0 Å². The molecule has 0 bridgehead atoms. The van der Waals surface area contributed by atoms with E-state index in [1.807, 2.05) is 13.1 Å². The molecular formula is C18H24N2O. The third-order valence-corrected chi connectivity index (χ3v) is 3.64. The number of hydrogen-bond donors (Lipinski definition) is 1. The number of hydrogen-bond acceptors (Lipinski definition) is 2. The second-order valence-electron chi connectivity index (χ2n) is 5.73. The van der Waals surface area contributed by atoms with E-state index in [9.17, 15) is 4.79 Å². The van der Waals surface area contributed by atoms with Crippen molar-refractivity contribution in [3.05, 3.63) is 63.6 Å². The Morgan fingerprint density at radius 2 is 1.86 bits per heavy atom. The minimum Gasteiger partial charge on any atom is -0.321 e. The lowest BCUT2D eigenvalue weighted by Gasteiger charge is -2.14. The summed E-state index contributed by atoms with van der Waals surface area (Å²) in [4.78, 5) is 12.1. The molecule has 0 radical (unpaired) electrons. The standard InChI is InChI=1S/C18H24N2O/c1-5-15-6-8-17(9-7-15)20-12-16(11-19-13(2)3)18(21)10-14(20)4/h6-10,12-13,19H,5,11H2,1-4H3. The Hall–Kier alpha value is -1.87. The van der Waals surface area contributed by atoms with Crippen molar-refractivity contribution in [3.63, 3.8) is 0 Å². The second kappa shape index (κ2) is 6.72. The van der Waals surface area contributed by atoms with Crippen LogP contribution in [0.1, 0.15) is 37.6 Å². The highest BCUT2D eigenvalue weighted by atomic mass is 16.1. The van der Waals surface area contributed by atoms with Gasteiger partial charge in [0.2, 0.25) is 0 Å². The summed E-state index contributed by atoms with van der Waals surface area (Å²) in [5.74, 6) is 0. The lowest BCUT2D eigenvalue weighted by molar-refractivity contribution is 0.585. The van der Waals surface area contributed by atoms with Crippen LogP contribution >= 0.6 is 0 Å². The van der Waals surface area contributed by atoms with E-state index >= 15 is 0 Å². The van der Waals surface area contributed by atoms with Crippen LogP contribution in [-0.2, 0) is 13.0 Å². The first kappa shape index (κ1) is 15.5. The molecule has 0 aliphatic rings. The van der Waals surface area contributed by atoms with Crippen LogP contribution in [0.3, 0.4) is 0 Å². The lowest BCUT2D eigenvalue weighted by atomic mass is 10.1. The zero-order valence-electron chi connectivity index (χ0n) is 13.3. The number of nitrogens with one attached hydrogen (secondary N) is 1. The van der Waals surface area contributed by atoms with Crippen molar-refractivity contribution >= 4 is 0 Å². The first-order valence-corrected chi connectivity index (χ1v) is 7.56. The molecular weight excluding hydrogens is 260 g/mol. The fourth-order valence-corrected chi connectivity index (χ4v) is 2.29. The summed E-state index contributed by atoms with van der Waals surface area (Å²) in [6.07, 6.45) is 2.99. The average molecular weight is 284 g/mol. The highest BCUT2D eigenvalue weighted by Gasteiger charge is 2.06. The summed E-state index contributed by atoms with van der Waals surface area (Å²) >= 11 is 0. The van der Waals surface area contributed by atoms with Gasteiger partial charge in [0.25, 0.3) is 0 Å². The Labute approximate surface area is 126 Å². The van der Waals surface area contributed by atoms with Gasteiger partial charge in [-0.15, -0.1) is 0 Å². The highest BCUT2D eigenvalue weighted by Crippen LogP contribution is 2.13. The Balaban J connectivity index is 2.37. The molecule has 0 saturated heterocycles. The first-order chi connectivity index (χ1) is 10.0. The third-order valence-electron chi connectivity index (χ3n) is 3.64. The second-order valence-corrected chi connectivity index (χ2v) is 5.73. The quantitative estimate of drug-likeness (QED) is 0.915. The number of aryl methyl sites for hydroxylation is 2. The van der Waals surface area contributed by atoms with Gasteiger partial charge >= 0.3 is 0 Å². The molecule has 0 unspecified atom stereocenters. The van der Waals surface area contributed by atoms with Gasteiger partial charge in [0.05, 0.1) is 0 Å². The number of aromatic nitrogens is 1.